The van der Waals surface area contributed by atoms with Crippen molar-refractivity contribution in [1.29, 1.82) is 0 Å². The van der Waals surface area contributed by atoms with Gasteiger partial charge in [0.15, 0.2) is 0 Å². The van der Waals surface area contributed by atoms with Crippen molar-refractivity contribution in [3.63, 3.8) is 0 Å². The van der Waals surface area contributed by atoms with Crippen LogP contribution in [0.25, 0.3) is 0 Å². The first-order valence-corrected chi connectivity index (χ1v) is 6.78. The standard InChI is InChI=1S/C13H21BF2O2/c1-10(2)11(3,4)18-14(17-10)9-5-12(6-9)7-13(15,16)8-12/h9H,5-8H2,1-4H3. The van der Waals surface area contributed by atoms with Gasteiger partial charge in [-0.3, -0.25) is 0 Å². The van der Waals surface area contributed by atoms with Crippen LogP contribution in [0.4, 0.5) is 8.78 Å². The number of halogens is 2. The molecule has 2 nitrogen and oxygen atoms in total. The third-order valence-electron chi connectivity index (χ3n) is 5.31. The summed E-state index contributed by atoms with van der Waals surface area (Å²) in [5, 5.41) is 0. The number of hydrogen-bond acceptors (Lipinski definition) is 2. The molecule has 18 heavy (non-hydrogen) atoms. The summed E-state index contributed by atoms with van der Waals surface area (Å²) in [6.07, 6.45) is 1.80. The summed E-state index contributed by atoms with van der Waals surface area (Å²) in [5.74, 6) is -2.12. The molecule has 0 radical (unpaired) electrons. The molecule has 3 rings (SSSR count). The Labute approximate surface area is 108 Å². The van der Waals surface area contributed by atoms with Gasteiger partial charge in [0, 0.05) is 12.8 Å². The number of rotatable bonds is 1. The van der Waals surface area contributed by atoms with Crippen molar-refractivity contribution in [1.82, 2.24) is 0 Å². The summed E-state index contributed by atoms with van der Waals surface area (Å²) in [7, 11) is -0.213. The molecular weight excluding hydrogens is 237 g/mol. The number of alkyl halides is 2. The first-order valence-electron chi connectivity index (χ1n) is 6.78. The Morgan fingerprint density at radius 1 is 0.944 bits per heavy atom. The van der Waals surface area contributed by atoms with Gasteiger partial charge in [-0.1, -0.05) is 0 Å². The van der Waals surface area contributed by atoms with Gasteiger partial charge in [-0.25, -0.2) is 8.78 Å². The molecule has 2 saturated carbocycles. The highest BCUT2D eigenvalue weighted by atomic mass is 19.3. The fourth-order valence-electron chi connectivity index (χ4n) is 3.66. The molecular formula is C13H21BF2O2. The van der Waals surface area contributed by atoms with Gasteiger partial charge in [0.25, 0.3) is 0 Å². The molecule has 0 aromatic heterocycles. The van der Waals surface area contributed by atoms with Crippen molar-refractivity contribution in [3.05, 3.63) is 0 Å². The van der Waals surface area contributed by atoms with E-state index in [1.807, 2.05) is 27.7 Å². The monoisotopic (exact) mass is 258 g/mol. The van der Waals surface area contributed by atoms with Gasteiger partial charge in [-0.15, -0.1) is 0 Å². The lowest BCUT2D eigenvalue weighted by Crippen LogP contribution is -2.55. The maximum absolute atomic E-state index is 12.9. The van der Waals surface area contributed by atoms with E-state index < -0.39 is 5.92 Å². The van der Waals surface area contributed by atoms with Gasteiger partial charge in [-0.05, 0) is 51.8 Å². The summed E-state index contributed by atoms with van der Waals surface area (Å²) in [4.78, 5) is 0. The molecule has 3 fully saturated rings. The molecule has 1 spiro atoms. The normalized spacial score (nSPS) is 35.3. The van der Waals surface area contributed by atoms with Crippen molar-refractivity contribution in [2.45, 2.75) is 76.3 Å². The van der Waals surface area contributed by atoms with Crippen LogP contribution in [0.3, 0.4) is 0 Å². The van der Waals surface area contributed by atoms with Crippen LogP contribution >= 0.6 is 0 Å². The molecule has 1 saturated heterocycles. The lowest BCUT2D eigenvalue weighted by atomic mass is 9.42. The van der Waals surface area contributed by atoms with Gasteiger partial charge in [0.2, 0.25) is 5.92 Å². The molecule has 2 aliphatic carbocycles. The second-order valence-corrected chi connectivity index (χ2v) is 7.50. The Balaban J connectivity index is 1.58. The van der Waals surface area contributed by atoms with Crippen molar-refractivity contribution in [2.24, 2.45) is 5.41 Å². The lowest BCUT2D eigenvalue weighted by molar-refractivity contribution is -0.192. The third kappa shape index (κ3) is 1.74. The van der Waals surface area contributed by atoms with Crippen LogP contribution < -0.4 is 0 Å². The predicted molar refractivity (Wildman–Crippen MR) is 65.7 cm³/mol. The Morgan fingerprint density at radius 2 is 1.39 bits per heavy atom. The van der Waals surface area contributed by atoms with E-state index in [0.717, 1.165) is 12.8 Å². The molecule has 0 aromatic carbocycles. The molecule has 1 aliphatic heterocycles. The SMILES string of the molecule is CC1(C)OB(C2CC3(C2)CC(F)(F)C3)OC1(C)C. The van der Waals surface area contributed by atoms with Crippen LogP contribution in [0.5, 0.6) is 0 Å². The zero-order chi connectivity index (χ0) is 13.4. The Kier molecular flexibility index (Phi) is 2.35. The van der Waals surface area contributed by atoms with Crippen LogP contribution in [-0.4, -0.2) is 24.2 Å². The molecule has 5 heteroatoms. The average Bonchev–Trinajstić information content (AvgIpc) is 2.26. The second-order valence-electron chi connectivity index (χ2n) is 7.50. The Bertz CT molecular complexity index is 349. The predicted octanol–water partition coefficient (Wildman–Crippen LogP) is 3.66. The molecule has 0 bridgehead atoms. The van der Waals surface area contributed by atoms with E-state index in [1.165, 1.54) is 0 Å². The highest BCUT2D eigenvalue weighted by Gasteiger charge is 2.66. The molecule has 1 heterocycles. The third-order valence-corrected chi connectivity index (χ3v) is 5.31. The second kappa shape index (κ2) is 3.29. The average molecular weight is 258 g/mol. The van der Waals surface area contributed by atoms with E-state index in [0.29, 0.717) is 5.82 Å². The molecule has 0 amide bonds. The van der Waals surface area contributed by atoms with Gasteiger partial charge in [-0.2, -0.15) is 0 Å². The Hall–Kier alpha value is -0.155. The highest BCUT2D eigenvalue weighted by molar-refractivity contribution is 6.47. The van der Waals surface area contributed by atoms with Gasteiger partial charge < -0.3 is 9.31 Å². The summed E-state index contributed by atoms with van der Waals surface area (Å²) >= 11 is 0. The van der Waals surface area contributed by atoms with Crippen molar-refractivity contribution in [3.8, 4) is 0 Å². The topological polar surface area (TPSA) is 18.5 Å². The lowest BCUT2D eigenvalue weighted by Gasteiger charge is -2.57. The van der Waals surface area contributed by atoms with Gasteiger partial charge >= 0.3 is 7.12 Å². The van der Waals surface area contributed by atoms with Crippen LogP contribution in [-0.2, 0) is 9.31 Å². The number of hydrogen-bond donors (Lipinski definition) is 0. The fourth-order valence-corrected chi connectivity index (χ4v) is 3.66. The van der Waals surface area contributed by atoms with E-state index in [-0.39, 0.29) is 36.6 Å². The molecule has 0 N–H and O–H groups in total. The zero-order valence-corrected chi connectivity index (χ0v) is 11.6. The van der Waals surface area contributed by atoms with Crippen LogP contribution in [0, 0.1) is 5.41 Å². The maximum Gasteiger partial charge on any atom is 0.461 e. The van der Waals surface area contributed by atoms with Crippen molar-refractivity contribution < 1.29 is 18.1 Å². The largest absolute Gasteiger partial charge is 0.461 e. The first-order chi connectivity index (χ1) is 8.04. The molecule has 3 aliphatic rings. The first kappa shape index (κ1) is 12.9. The van der Waals surface area contributed by atoms with E-state index in [9.17, 15) is 8.78 Å². The van der Waals surface area contributed by atoms with Crippen LogP contribution in [0.1, 0.15) is 53.4 Å². The van der Waals surface area contributed by atoms with E-state index in [1.54, 1.807) is 0 Å². The maximum atomic E-state index is 12.9. The molecule has 0 atom stereocenters. The van der Waals surface area contributed by atoms with Gasteiger partial charge in [0.05, 0.1) is 11.2 Å². The molecule has 0 unspecified atom stereocenters. The summed E-state index contributed by atoms with van der Waals surface area (Å²) in [5.41, 5.74) is -0.730. The fraction of sp³-hybridized carbons (Fsp3) is 1.00. The molecule has 102 valence electrons. The minimum absolute atomic E-state index is 0.0655. The molecule has 0 aromatic rings. The zero-order valence-electron chi connectivity index (χ0n) is 11.6. The van der Waals surface area contributed by atoms with Gasteiger partial charge in [0.1, 0.15) is 0 Å². The van der Waals surface area contributed by atoms with E-state index in [2.05, 4.69) is 0 Å². The highest BCUT2D eigenvalue weighted by Crippen LogP contribution is 2.67. The summed E-state index contributed by atoms with van der Waals surface area (Å²) < 4.78 is 37.8. The minimum atomic E-state index is -2.42. The van der Waals surface area contributed by atoms with Crippen molar-refractivity contribution >= 4 is 7.12 Å². The van der Waals surface area contributed by atoms with E-state index in [4.69, 9.17) is 9.31 Å². The smallest absolute Gasteiger partial charge is 0.403 e. The minimum Gasteiger partial charge on any atom is -0.403 e. The van der Waals surface area contributed by atoms with Crippen LogP contribution in [0.2, 0.25) is 5.82 Å². The summed E-state index contributed by atoms with van der Waals surface area (Å²) in [6, 6.07) is 0. The van der Waals surface area contributed by atoms with Crippen LogP contribution in [0.15, 0.2) is 0 Å². The summed E-state index contributed by atoms with van der Waals surface area (Å²) in [6.45, 7) is 8.11. The quantitative estimate of drug-likeness (QED) is 0.668. The van der Waals surface area contributed by atoms with Crippen molar-refractivity contribution in [2.75, 3.05) is 0 Å². The van der Waals surface area contributed by atoms with E-state index >= 15 is 0 Å². The Morgan fingerprint density at radius 3 is 1.78 bits per heavy atom.